The number of carbonyl (C=O) groups is 1. The molecule has 5 nitrogen and oxygen atoms in total. The maximum Gasteiger partial charge on any atom is 0.257 e. The van der Waals surface area contributed by atoms with Crippen LogP contribution in [-0.2, 0) is 17.9 Å². The summed E-state index contributed by atoms with van der Waals surface area (Å²) in [5.74, 6) is -0.332. The van der Waals surface area contributed by atoms with E-state index in [9.17, 15) is 9.70 Å². The first-order valence-electron chi connectivity index (χ1n) is 8.66. The molecule has 0 aliphatic carbocycles. The maximum absolute atomic E-state index is 12.2. The summed E-state index contributed by atoms with van der Waals surface area (Å²) in [6, 6.07) is 15.5. The van der Waals surface area contributed by atoms with Crippen LogP contribution in [0.25, 0.3) is 21.9 Å². The Kier molecular flexibility index (Phi) is 3.21. The molecule has 0 radical (unpaired) electrons. The lowest BCUT2D eigenvalue weighted by Gasteiger charge is -2.15. The minimum absolute atomic E-state index is 0.332. The summed E-state index contributed by atoms with van der Waals surface area (Å²) >= 11 is 0. The van der Waals surface area contributed by atoms with Gasteiger partial charge in [0.25, 0.3) is 5.91 Å². The lowest BCUT2D eigenvalue weighted by molar-refractivity contribution is -0.116. The van der Waals surface area contributed by atoms with Crippen molar-refractivity contribution in [2.75, 3.05) is 12.4 Å². The predicted octanol–water partition coefficient (Wildman–Crippen LogP) is 4.21. The van der Waals surface area contributed by atoms with E-state index in [1.165, 1.54) is 16.3 Å². The van der Waals surface area contributed by atoms with Gasteiger partial charge >= 0.3 is 0 Å². The van der Waals surface area contributed by atoms with Gasteiger partial charge in [-0.1, -0.05) is 47.6 Å². The van der Waals surface area contributed by atoms with E-state index in [1.54, 1.807) is 0 Å². The van der Waals surface area contributed by atoms with E-state index in [0.29, 0.717) is 5.56 Å². The summed E-state index contributed by atoms with van der Waals surface area (Å²) in [6.07, 6.45) is 0. The number of hydrogen-bond acceptors (Lipinski definition) is 4. The molecule has 0 bridgehead atoms. The second-order valence-electron chi connectivity index (χ2n) is 7.04. The molecular weight excluding hydrogens is 326 g/mol. The molecule has 0 aromatic heterocycles. The van der Waals surface area contributed by atoms with E-state index in [2.05, 4.69) is 52.8 Å². The molecular formula is C21H17N3O2. The first kappa shape index (κ1) is 15.2. The minimum atomic E-state index is -0.963. The monoisotopic (exact) mass is 343 g/mol. The molecule has 3 aromatic carbocycles. The Balaban J connectivity index is 1.84. The van der Waals surface area contributed by atoms with Gasteiger partial charge in [-0.2, -0.15) is 0 Å². The smallest absolute Gasteiger partial charge is 0.257 e. The van der Waals surface area contributed by atoms with E-state index >= 15 is 0 Å². The molecule has 0 saturated carbocycles. The van der Waals surface area contributed by atoms with E-state index < -0.39 is 6.04 Å². The summed E-state index contributed by atoms with van der Waals surface area (Å²) in [6.45, 7) is 1.57. The van der Waals surface area contributed by atoms with Crippen LogP contribution in [0.15, 0.2) is 53.7 Å². The van der Waals surface area contributed by atoms with Crippen molar-refractivity contribution >= 4 is 22.4 Å². The Labute approximate surface area is 150 Å². The summed E-state index contributed by atoms with van der Waals surface area (Å²) < 4.78 is 0. The van der Waals surface area contributed by atoms with Gasteiger partial charge in [0.1, 0.15) is 0 Å². The SMILES string of the molecule is CN1Cc2c(-c3cccc4ccccc34)cc3c(c2C1)NC(=O)C3N=O. The van der Waals surface area contributed by atoms with Gasteiger partial charge in [-0.15, -0.1) is 4.91 Å². The highest BCUT2D eigenvalue weighted by Gasteiger charge is 2.37. The molecule has 3 aromatic rings. The standard InChI is InChI=1S/C21H17N3O2/c1-24-10-17-15(14-8-4-6-12-5-2-3-7-13(12)14)9-16-19(18(17)11-24)22-21(25)20(16)23-26/h2-9,20H,10-11H2,1H3,(H,22,25). The van der Waals surface area contributed by atoms with Crippen LogP contribution in [0.1, 0.15) is 22.7 Å². The first-order valence-corrected chi connectivity index (χ1v) is 8.66. The van der Waals surface area contributed by atoms with Gasteiger partial charge in [-0.25, -0.2) is 0 Å². The van der Waals surface area contributed by atoms with Gasteiger partial charge in [0.2, 0.25) is 0 Å². The van der Waals surface area contributed by atoms with Crippen molar-refractivity contribution in [3.63, 3.8) is 0 Å². The fourth-order valence-electron chi connectivity index (χ4n) is 4.25. The molecule has 2 aliphatic heterocycles. The molecule has 0 saturated heterocycles. The number of nitrogens with one attached hydrogen (secondary N) is 1. The number of carbonyl (C=O) groups excluding carboxylic acids is 1. The number of nitroso groups, excluding NO2 is 1. The van der Waals surface area contributed by atoms with E-state index in [-0.39, 0.29) is 5.91 Å². The summed E-state index contributed by atoms with van der Waals surface area (Å²) in [5, 5.41) is 8.29. The lowest BCUT2D eigenvalue weighted by atomic mass is 9.89. The number of amides is 1. The Hall–Kier alpha value is -3.05. The number of anilines is 1. The zero-order chi connectivity index (χ0) is 17.8. The van der Waals surface area contributed by atoms with Crippen LogP contribution >= 0.6 is 0 Å². The Bertz CT molecular complexity index is 1080. The summed E-state index contributed by atoms with van der Waals surface area (Å²) in [4.78, 5) is 25.7. The molecule has 1 atom stereocenters. The van der Waals surface area contributed by atoms with Crippen LogP contribution in [-0.4, -0.2) is 17.9 Å². The summed E-state index contributed by atoms with van der Waals surface area (Å²) in [5.41, 5.74) is 6.01. The average molecular weight is 343 g/mol. The maximum atomic E-state index is 12.2. The van der Waals surface area contributed by atoms with Gasteiger partial charge in [-0.3, -0.25) is 9.69 Å². The molecule has 1 unspecified atom stereocenters. The number of benzene rings is 3. The normalized spacial score (nSPS) is 18.7. The highest BCUT2D eigenvalue weighted by atomic mass is 16.3. The van der Waals surface area contributed by atoms with E-state index in [0.717, 1.165) is 35.5 Å². The molecule has 2 aliphatic rings. The zero-order valence-corrected chi connectivity index (χ0v) is 14.3. The molecule has 5 heteroatoms. The fourth-order valence-corrected chi connectivity index (χ4v) is 4.25. The Morgan fingerprint density at radius 2 is 1.81 bits per heavy atom. The molecule has 5 rings (SSSR count). The van der Waals surface area contributed by atoms with Crippen molar-refractivity contribution in [1.82, 2.24) is 4.90 Å². The molecule has 1 amide bonds. The zero-order valence-electron chi connectivity index (χ0n) is 14.3. The van der Waals surface area contributed by atoms with E-state index in [1.807, 2.05) is 18.2 Å². The van der Waals surface area contributed by atoms with Gasteiger partial charge in [0, 0.05) is 18.7 Å². The van der Waals surface area contributed by atoms with Crippen molar-refractivity contribution in [2.24, 2.45) is 5.18 Å². The fraction of sp³-hybridized carbons (Fsp3) is 0.190. The third kappa shape index (κ3) is 2.04. The van der Waals surface area contributed by atoms with Crippen molar-refractivity contribution in [2.45, 2.75) is 19.1 Å². The predicted molar refractivity (Wildman–Crippen MR) is 102 cm³/mol. The van der Waals surface area contributed by atoms with Crippen molar-refractivity contribution < 1.29 is 4.79 Å². The van der Waals surface area contributed by atoms with E-state index in [4.69, 9.17) is 0 Å². The van der Waals surface area contributed by atoms with Crippen LogP contribution in [0.5, 0.6) is 0 Å². The van der Waals surface area contributed by atoms with Crippen LogP contribution in [0, 0.1) is 4.91 Å². The topological polar surface area (TPSA) is 61.8 Å². The minimum Gasteiger partial charge on any atom is -0.323 e. The van der Waals surface area contributed by atoms with Crippen molar-refractivity contribution in [3.8, 4) is 11.1 Å². The van der Waals surface area contributed by atoms with Crippen molar-refractivity contribution in [3.05, 3.63) is 70.1 Å². The third-order valence-electron chi connectivity index (χ3n) is 5.41. The highest BCUT2D eigenvalue weighted by Crippen LogP contribution is 2.46. The van der Waals surface area contributed by atoms with Crippen LogP contribution in [0.2, 0.25) is 0 Å². The first-order chi connectivity index (χ1) is 12.7. The largest absolute Gasteiger partial charge is 0.323 e. The van der Waals surface area contributed by atoms with Crippen LogP contribution < -0.4 is 5.32 Å². The second-order valence-corrected chi connectivity index (χ2v) is 7.04. The van der Waals surface area contributed by atoms with Crippen molar-refractivity contribution in [1.29, 1.82) is 0 Å². The summed E-state index contributed by atoms with van der Waals surface area (Å²) in [7, 11) is 2.06. The van der Waals surface area contributed by atoms with Crippen LogP contribution in [0.4, 0.5) is 5.69 Å². The third-order valence-corrected chi connectivity index (χ3v) is 5.41. The molecule has 26 heavy (non-hydrogen) atoms. The molecule has 1 N–H and O–H groups in total. The quantitative estimate of drug-likeness (QED) is 0.709. The molecule has 0 spiro atoms. The second kappa shape index (κ2) is 5.47. The van der Waals surface area contributed by atoms with Gasteiger partial charge in [-0.05, 0) is 46.1 Å². The number of fused-ring (bicyclic) bond motifs is 4. The number of rotatable bonds is 2. The molecule has 128 valence electrons. The van der Waals surface area contributed by atoms with Crippen LogP contribution in [0.3, 0.4) is 0 Å². The average Bonchev–Trinajstić information content (AvgIpc) is 3.19. The van der Waals surface area contributed by atoms with Gasteiger partial charge < -0.3 is 5.32 Å². The molecule has 2 heterocycles. The lowest BCUT2D eigenvalue weighted by Crippen LogP contribution is -2.10. The molecule has 0 fully saturated rings. The number of hydrogen-bond donors (Lipinski definition) is 1. The highest BCUT2D eigenvalue weighted by molar-refractivity contribution is 6.06. The Morgan fingerprint density at radius 1 is 1.04 bits per heavy atom. The Morgan fingerprint density at radius 3 is 2.65 bits per heavy atom. The number of nitrogens with zero attached hydrogens (tertiary/aromatic N) is 2. The van der Waals surface area contributed by atoms with Gasteiger partial charge in [0.15, 0.2) is 6.04 Å². The van der Waals surface area contributed by atoms with Gasteiger partial charge in [0.05, 0.1) is 5.69 Å².